The van der Waals surface area contributed by atoms with Crippen molar-refractivity contribution in [2.45, 2.75) is 57.0 Å². The molecule has 2 fully saturated rings. The summed E-state index contributed by atoms with van der Waals surface area (Å²) in [6, 6.07) is 5.98. The highest BCUT2D eigenvalue weighted by atomic mass is 35.5. The molecule has 2 aliphatic carbocycles. The van der Waals surface area contributed by atoms with Gasteiger partial charge in [0.25, 0.3) is 0 Å². The Hall–Kier alpha value is -0.770. The van der Waals surface area contributed by atoms with E-state index in [0.29, 0.717) is 27.9 Å². The quantitative estimate of drug-likeness (QED) is 0.857. The molecule has 0 aromatic heterocycles. The summed E-state index contributed by atoms with van der Waals surface area (Å²) in [5, 5.41) is 4.31. The molecular formula is C18H24Cl2N2O. The summed E-state index contributed by atoms with van der Waals surface area (Å²) >= 11 is 12.0. The number of halogens is 2. The van der Waals surface area contributed by atoms with E-state index in [9.17, 15) is 4.79 Å². The van der Waals surface area contributed by atoms with E-state index in [1.807, 2.05) is 13.0 Å². The van der Waals surface area contributed by atoms with Crippen molar-refractivity contribution in [2.75, 3.05) is 0 Å². The molecule has 1 aromatic rings. The summed E-state index contributed by atoms with van der Waals surface area (Å²) in [6.07, 6.45) is 5.68. The largest absolute Gasteiger partial charge is 0.352 e. The number of nitrogens with one attached hydrogen (secondary N) is 1. The lowest BCUT2D eigenvalue weighted by Crippen LogP contribution is -2.54. The number of fused-ring (bicyclic) bond motifs is 2. The Morgan fingerprint density at radius 2 is 1.87 bits per heavy atom. The Labute approximate surface area is 147 Å². The van der Waals surface area contributed by atoms with Gasteiger partial charge in [0.05, 0.1) is 16.0 Å². The molecule has 3 atom stereocenters. The predicted octanol–water partition coefficient (Wildman–Crippen LogP) is 4.12. The van der Waals surface area contributed by atoms with Crippen molar-refractivity contribution in [1.82, 2.24) is 5.32 Å². The third-order valence-electron chi connectivity index (χ3n) is 5.52. The molecule has 2 aliphatic rings. The molecule has 3 nitrogen and oxygen atoms in total. The van der Waals surface area contributed by atoms with Crippen LogP contribution in [-0.4, -0.2) is 18.0 Å². The minimum atomic E-state index is -0.235. The van der Waals surface area contributed by atoms with Crippen molar-refractivity contribution in [3.8, 4) is 0 Å². The monoisotopic (exact) mass is 354 g/mol. The van der Waals surface area contributed by atoms with Gasteiger partial charge in [0.2, 0.25) is 5.91 Å². The molecule has 2 saturated carbocycles. The second-order valence-electron chi connectivity index (χ2n) is 7.11. The van der Waals surface area contributed by atoms with E-state index < -0.39 is 0 Å². The maximum atomic E-state index is 12.7. The van der Waals surface area contributed by atoms with Crippen LogP contribution in [0.4, 0.5) is 0 Å². The van der Waals surface area contributed by atoms with Crippen LogP contribution in [0.25, 0.3) is 0 Å². The Morgan fingerprint density at radius 3 is 2.48 bits per heavy atom. The van der Waals surface area contributed by atoms with Crippen LogP contribution in [0, 0.1) is 11.8 Å². The third-order valence-corrected chi connectivity index (χ3v) is 6.26. The fraction of sp³-hybridized carbons (Fsp3) is 0.611. The Bertz CT molecular complexity index is 578. The average molecular weight is 355 g/mol. The lowest BCUT2D eigenvalue weighted by atomic mass is 9.67. The number of carbonyl (C=O) groups is 1. The Morgan fingerprint density at radius 1 is 1.22 bits per heavy atom. The highest BCUT2D eigenvalue weighted by molar-refractivity contribution is 6.42. The van der Waals surface area contributed by atoms with Crippen LogP contribution >= 0.6 is 23.2 Å². The number of hydrogen-bond donors (Lipinski definition) is 2. The van der Waals surface area contributed by atoms with Crippen LogP contribution in [0.1, 0.15) is 50.5 Å². The molecule has 1 amide bonds. The topological polar surface area (TPSA) is 55.1 Å². The number of amides is 1. The van der Waals surface area contributed by atoms with Gasteiger partial charge in [-0.15, -0.1) is 0 Å². The van der Waals surface area contributed by atoms with Crippen molar-refractivity contribution in [3.05, 3.63) is 33.8 Å². The maximum absolute atomic E-state index is 12.7. The van der Waals surface area contributed by atoms with Crippen molar-refractivity contribution < 1.29 is 4.79 Å². The highest BCUT2D eigenvalue weighted by Gasteiger charge is 2.40. The molecule has 3 unspecified atom stereocenters. The van der Waals surface area contributed by atoms with Crippen molar-refractivity contribution >= 4 is 29.1 Å². The van der Waals surface area contributed by atoms with Crippen LogP contribution < -0.4 is 11.1 Å². The molecule has 0 radical (unpaired) electrons. The Kier molecular flexibility index (Phi) is 5.19. The van der Waals surface area contributed by atoms with Crippen LogP contribution in [0.15, 0.2) is 18.2 Å². The summed E-state index contributed by atoms with van der Waals surface area (Å²) in [7, 11) is 0. The molecule has 2 bridgehead atoms. The smallest absolute Gasteiger partial charge is 0.227 e. The molecule has 3 rings (SSSR count). The molecule has 3 N–H and O–H groups in total. The predicted molar refractivity (Wildman–Crippen MR) is 94.8 cm³/mol. The summed E-state index contributed by atoms with van der Waals surface area (Å²) < 4.78 is 0. The first-order valence-electron chi connectivity index (χ1n) is 8.46. The van der Waals surface area contributed by atoms with Crippen molar-refractivity contribution in [1.29, 1.82) is 0 Å². The van der Waals surface area contributed by atoms with E-state index in [2.05, 4.69) is 5.32 Å². The van der Waals surface area contributed by atoms with Gasteiger partial charge in [0, 0.05) is 12.1 Å². The van der Waals surface area contributed by atoms with Crippen LogP contribution in [0.5, 0.6) is 0 Å². The fourth-order valence-corrected chi connectivity index (χ4v) is 4.55. The van der Waals surface area contributed by atoms with E-state index in [-0.39, 0.29) is 17.9 Å². The molecule has 126 valence electrons. The van der Waals surface area contributed by atoms with E-state index in [0.717, 1.165) is 18.4 Å². The second-order valence-corrected chi connectivity index (χ2v) is 7.93. The third kappa shape index (κ3) is 3.67. The summed E-state index contributed by atoms with van der Waals surface area (Å²) in [5.74, 6) is 0.895. The number of carbonyl (C=O) groups excluding carboxylic acids is 1. The molecule has 0 spiro atoms. The zero-order valence-corrected chi connectivity index (χ0v) is 14.9. The van der Waals surface area contributed by atoms with E-state index in [4.69, 9.17) is 28.9 Å². The minimum absolute atomic E-state index is 0.0701. The lowest BCUT2D eigenvalue weighted by molar-refractivity contribution is -0.124. The first-order chi connectivity index (χ1) is 11.0. The SMILES string of the molecule is CC(C(=O)NC1C2CCCC1CC(N)C2)c1ccc(Cl)c(Cl)c1. The van der Waals surface area contributed by atoms with Crippen LogP contribution in [-0.2, 0) is 4.79 Å². The summed E-state index contributed by atoms with van der Waals surface area (Å²) in [6.45, 7) is 1.92. The van der Waals surface area contributed by atoms with Gasteiger partial charge in [-0.25, -0.2) is 0 Å². The number of rotatable bonds is 3. The molecule has 0 saturated heterocycles. The highest BCUT2D eigenvalue weighted by Crippen LogP contribution is 2.40. The number of hydrogen-bond acceptors (Lipinski definition) is 2. The fourth-order valence-electron chi connectivity index (χ4n) is 4.25. The first kappa shape index (κ1) is 17.1. The van der Waals surface area contributed by atoms with Crippen LogP contribution in [0.2, 0.25) is 10.0 Å². The van der Waals surface area contributed by atoms with Crippen molar-refractivity contribution in [2.24, 2.45) is 17.6 Å². The molecule has 0 heterocycles. The van der Waals surface area contributed by atoms with Gasteiger partial charge in [0.15, 0.2) is 0 Å². The summed E-state index contributed by atoms with van der Waals surface area (Å²) in [4.78, 5) is 12.7. The molecular weight excluding hydrogens is 331 g/mol. The second kappa shape index (κ2) is 7.00. The van der Waals surface area contributed by atoms with Gasteiger partial charge >= 0.3 is 0 Å². The van der Waals surface area contributed by atoms with Gasteiger partial charge in [-0.05, 0) is 62.1 Å². The molecule has 0 aliphatic heterocycles. The zero-order valence-electron chi connectivity index (χ0n) is 13.4. The zero-order chi connectivity index (χ0) is 16.6. The van der Waals surface area contributed by atoms with E-state index in [1.54, 1.807) is 12.1 Å². The maximum Gasteiger partial charge on any atom is 0.227 e. The molecule has 1 aromatic carbocycles. The van der Waals surface area contributed by atoms with Gasteiger partial charge in [-0.1, -0.05) is 35.7 Å². The van der Waals surface area contributed by atoms with Crippen molar-refractivity contribution in [3.63, 3.8) is 0 Å². The van der Waals surface area contributed by atoms with Gasteiger partial charge in [-0.3, -0.25) is 4.79 Å². The lowest BCUT2D eigenvalue weighted by Gasteiger charge is -2.45. The van der Waals surface area contributed by atoms with Gasteiger partial charge in [-0.2, -0.15) is 0 Å². The standard InChI is InChI=1S/C18H24Cl2N2O/c1-10(11-5-6-15(19)16(20)9-11)18(23)22-17-12-3-2-4-13(17)8-14(21)7-12/h5-6,9-10,12-14,17H,2-4,7-8,21H2,1H3,(H,22,23). The van der Waals surface area contributed by atoms with E-state index in [1.165, 1.54) is 19.3 Å². The number of benzene rings is 1. The molecule has 23 heavy (non-hydrogen) atoms. The molecule has 5 heteroatoms. The van der Waals surface area contributed by atoms with E-state index >= 15 is 0 Å². The Balaban J connectivity index is 1.69. The van der Waals surface area contributed by atoms with Gasteiger partial charge < -0.3 is 11.1 Å². The normalized spacial score (nSPS) is 31.5. The van der Waals surface area contributed by atoms with Gasteiger partial charge in [0.1, 0.15) is 0 Å². The average Bonchev–Trinajstić information content (AvgIpc) is 2.50. The minimum Gasteiger partial charge on any atom is -0.352 e. The summed E-state index contributed by atoms with van der Waals surface area (Å²) in [5.41, 5.74) is 7.06. The number of nitrogens with two attached hydrogens (primary N) is 1. The van der Waals surface area contributed by atoms with Crippen LogP contribution in [0.3, 0.4) is 0 Å². The first-order valence-corrected chi connectivity index (χ1v) is 9.22.